The summed E-state index contributed by atoms with van der Waals surface area (Å²) in [5, 5.41) is 12.1. The number of carbonyl (C=O) groups is 3. The Labute approximate surface area is 169 Å². The zero-order valence-corrected chi connectivity index (χ0v) is 16.0. The predicted molar refractivity (Wildman–Crippen MR) is 106 cm³/mol. The number of likely N-dealkylation sites (tertiary alicyclic amines) is 1. The van der Waals surface area contributed by atoms with E-state index in [0.29, 0.717) is 30.7 Å². The Balaban J connectivity index is 1.57. The molecular formula is C22H24N2O5. The molecule has 0 radical (unpaired) electrons. The zero-order valence-electron chi connectivity index (χ0n) is 16.0. The highest BCUT2D eigenvalue weighted by Crippen LogP contribution is 2.20. The minimum atomic E-state index is -1.12. The van der Waals surface area contributed by atoms with E-state index in [1.54, 1.807) is 47.4 Å². The molecule has 2 aromatic carbocycles. The first-order chi connectivity index (χ1) is 14.0. The molecule has 1 heterocycles. The van der Waals surface area contributed by atoms with E-state index >= 15 is 0 Å². The average molecular weight is 396 g/mol. The van der Waals surface area contributed by atoms with Crippen LogP contribution in [0.25, 0.3) is 0 Å². The van der Waals surface area contributed by atoms with Crippen LogP contribution >= 0.6 is 0 Å². The third-order valence-corrected chi connectivity index (χ3v) is 4.92. The molecule has 1 saturated heterocycles. The quantitative estimate of drug-likeness (QED) is 0.748. The molecular weight excluding hydrogens is 372 g/mol. The summed E-state index contributed by atoms with van der Waals surface area (Å²) in [4.78, 5) is 38.4. The number of rotatable bonds is 7. The van der Waals surface area contributed by atoms with Crippen LogP contribution in [0.2, 0.25) is 0 Å². The van der Waals surface area contributed by atoms with Gasteiger partial charge in [0.05, 0.1) is 5.92 Å². The lowest BCUT2D eigenvalue weighted by Crippen LogP contribution is -2.48. The van der Waals surface area contributed by atoms with Crippen LogP contribution in [0.1, 0.15) is 24.4 Å². The Hall–Kier alpha value is -3.35. The number of benzene rings is 2. The molecule has 152 valence electrons. The van der Waals surface area contributed by atoms with Gasteiger partial charge < -0.3 is 20.1 Å². The van der Waals surface area contributed by atoms with Crippen molar-refractivity contribution in [3.63, 3.8) is 0 Å². The zero-order chi connectivity index (χ0) is 20.6. The summed E-state index contributed by atoms with van der Waals surface area (Å²) in [7, 11) is 0. The molecule has 2 atom stereocenters. The van der Waals surface area contributed by atoms with Crippen molar-refractivity contribution in [1.82, 2.24) is 10.2 Å². The van der Waals surface area contributed by atoms with Gasteiger partial charge in [-0.3, -0.25) is 9.59 Å². The number of hydrogen-bond acceptors (Lipinski definition) is 4. The van der Waals surface area contributed by atoms with Crippen molar-refractivity contribution in [3.8, 4) is 5.75 Å². The summed E-state index contributed by atoms with van der Waals surface area (Å²) in [6.07, 6.45) is 1.29. The van der Waals surface area contributed by atoms with Gasteiger partial charge in [0.2, 0.25) is 5.91 Å². The summed E-state index contributed by atoms with van der Waals surface area (Å²) in [6.45, 7) is 0.714. The molecule has 7 nitrogen and oxygen atoms in total. The minimum Gasteiger partial charge on any atom is -0.484 e. The fraction of sp³-hybridized carbons (Fsp3) is 0.318. The normalized spacial score (nSPS) is 17.2. The van der Waals surface area contributed by atoms with Gasteiger partial charge in [-0.2, -0.15) is 0 Å². The second-order valence-corrected chi connectivity index (χ2v) is 6.97. The lowest BCUT2D eigenvalue weighted by atomic mass is 9.96. The maximum Gasteiger partial charge on any atom is 0.330 e. The number of carbonyl (C=O) groups excluding carboxylic acids is 2. The Kier molecular flexibility index (Phi) is 6.84. The van der Waals surface area contributed by atoms with Crippen molar-refractivity contribution in [2.24, 2.45) is 5.92 Å². The van der Waals surface area contributed by atoms with Gasteiger partial charge in [-0.1, -0.05) is 48.5 Å². The molecule has 1 fully saturated rings. The van der Waals surface area contributed by atoms with Crippen molar-refractivity contribution < 1.29 is 24.2 Å². The van der Waals surface area contributed by atoms with Crippen molar-refractivity contribution in [3.05, 3.63) is 66.2 Å². The van der Waals surface area contributed by atoms with Crippen molar-refractivity contribution >= 4 is 17.8 Å². The number of carboxylic acids is 1. The molecule has 1 unspecified atom stereocenters. The van der Waals surface area contributed by atoms with Crippen LogP contribution < -0.4 is 10.1 Å². The Bertz CT molecular complexity index is 841. The summed E-state index contributed by atoms with van der Waals surface area (Å²) in [5.41, 5.74) is 0.508. The van der Waals surface area contributed by atoms with E-state index in [2.05, 4.69) is 5.32 Å². The second-order valence-electron chi connectivity index (χ2n) is 6.97. The van der Waals surface area contributed by atoms with Crippen LogP contribution in [0, 0.1) is 5.92 Å². The molecule has 1 aliphatic heterocycles. The first kappa shape index (κ1) is 20.4. The number of nitrogens with one attached hydrogen (secondary N) is 1. The van der Waals surface area contributed by atoms with Crippen LogP contribution in [0.4, 0.5) is 0 Å². The first-order valence-electron chi connectivity index (χ1n) is 9.58. The number of piperidine rings is 1. The lowest BCUT2D eigenvalue weighted by Gasteiger charge is -2.32. The second kappa shape index (κ2) is 9.73. The van der Waals surface area contributed by atoms with E-state index in [9.17, 15) is 19.5 Å². The fourth-order valence-corrected chi connectivity index (χ4v) is 3.36. The number of hydrogen-bond donors (Lipinski definition) is 2. The summed E-state index contributed by atoms with van der Waals surface area (Å²) in [5.74, 6) is -1.51. The molecule has 3 rings (SSSR count). The lowest BCUT2D eigenvalue weighted by molar-refractivity contribution is -0.144. The standard InChI is InChI=1S/C22H24N2O5/c25-19(15-29-18-11-5-2-6-12-18)24-13-7-10-17(14-24)21(26)23-20(22(27)28)16-8-3-1-4-9-16/h1-6,8-9,11-12,17,20H,7,10,13-15H2,(H,23,26)(H,27,28)/t17?,20-/m0/s1. The van der Waals surface area contributed by atoms with Gasteiger partial charge in [0.25, 0.3) is 5.91 Å². The molecule has 0 aromatic heterocycles. The predicted octanol–water partition coefficient (Wildman–Crippen LogP) is 2.25. The van der Waals surface area contributed by atoms with Crippen molar-refractivity contribution in [2.75, 3.05) is 19.7 Å². The maximum absolute atomic E-state index is 12.7. The average Bonchev–Trinajstić information content (AvgIpc) is 2.76. The molecule has 0 saturated carbocycles. The van der Waals surface area contributed by atoms with Gasteiger partial charge in [0.1, 0.15) is 5.75 Å². The largest absolute Gasteiger partial charge is 0.484 e. The summed E-state index contributed by atoms with van der Waals surface area (Å²) in [6, 6.07) is 16.5. The van der Waals surface area contributed by atoms with Gasteiger partial charge in [0, 0.05) is 13.1 Å². The van der Waals surface area contributed by atoms with Gasteiger partial charge in [0.15, 0.2) is 12.6 Å². The molecule has 0 bridgehead atoms. The van der Waals surface area contributed by atoms with Crippen LogP contribution in [0.15, 0.2) is 60.7 Å². The fourth-order valence-electron chi connectivity index (χ4n) is 3.36. The molecule has 7 heteroatoms. The van der Waals surface area contributed by atoms with E-state index in [-0.39, 0.29) is 25.0 Å². The maximum atomic E-state index is 12.7. The Morgan fingerprint density at radius 3 is 2.38 bits per heavy atom. The van der Waals surface area contributed by atoms with Gasteiger partial charge in [-0.05, 0) is 30.5 Å². The first-order valence-corrected chi connectivity index (χ1v) is 9.58. The van der Waals surface area contributed by atoms with Crippen LogP contribution in [0.5, 0.6) is 5.75 Å². The number of para-hydroxylation sites is 1. The van der Waals surface area contributed by atoms with Crippen LogP contribution in [-0.2, 0) is 14.4 Å². The molecule has 0 aliphatic carbocycles. The molecule has 29 heavy (non-hydrogen) atoms. The van der Waals surface area contributed by atoms with Gasteiger partial charge in [-0.25, -0.2) is 4.79 Å². The van der Waals surface area contributed by atoms with E-state index in [4.69, 9.17) is 4.74 Å². The van der Waals surface area contributed by atoms with Crippen molar-refractivity contribution in [2.45, 2.75) is 18.9 Å². The third kappa shape index (κ3) is 5.57. The van der Waals surface area contributed by atoms with Gasteiger partial charge >= 0.3 is 5.97 Å². The highest BCUT2D eigenvalue weighted by molar-refractivity contribution is 5.86. The number of ether oxygens (including phenoxy) is 1. The Morgan fingerprint density at radius 1 is 1.07 bits per heavy atom. The molecule has 2 N–H and O–H groups in total. The molecule has 2 amide bonds. The molecule has 1 aliphatic rings. The van der Waals surface area contributed by atoms with Gasteiger partial charge in [-0.15, -0.1) is 0 Å². The Morgan fingerprint density at radius 2 is 1.72 bits per heavy atom. The third-order valence-electron chi connectivity index (χ3n) is 4.92. The van der Waals surface area contributed by atoms with Crippen molar-refractivity contribution in [1.29, 1.82) is 0 Å². The minimum absolute atomic E-state index is 0.0971. The van der Waals surface area contributed by atoms with E-state index < -0.39 is 17.9 Å². The monoisotopic (exact) mass is 396 g/mol. The highest BCUT2D eigenvalue weighted by Gasteiger charge is 2.31. The number of nitrogens with zero attached hydrogens (tertiary/aromatic N) is 1. The van der Waals surface area contributed by atoms with E-state index in [0.717, 1.165) is 0 Å². The number of amides is 2. The van der Waals surface area contributed by atoms with E-state index in [1.165, 1.54) is 0 Å². The summed E-state index contributed by atoms with van der Waals surface area (Å²) >= 11 is 0. The SMILES string of the molecule is O=C(N[C@H](C(=O)O)c1ccccc1)C1CCCN(C(=O)COc2ccccc2)C1. The number of aliphatic carboxylic acids is 1. The van der Waals surface area contributed by atoms with Crippen LogP contribution in [0.3, 0.4) is 0 Å². The van der Waals surface area contributed by atoms with Crippen LogP contribution in [-0.4, -0.2) is 47.5 Å². The molecule has 2 aromatic rings. The smallest absolute Gasteiger partial charge is 0.330 e. The van der Waals surface area contributed by atoms with E-state index in [1.807, 2.05) is 18.2 Å². The number of carboxylic acid groups (broad SMARTS) is 1. The topological polar surface area (TPSA) is 95.9 Å². The summed E-state index contributed by atoms with van der Waals surface area (Å²) < 4.78 is 5.50. The highest BCUT2D eigenvalue weighted by atomic mass is 16.5. The molecule has 0 spiro atoms.